The molecule has 0 radical (unpaired) electrons. The van der Waals surface area contributed by atoms with Gasteiger partial charge in [0, 0.05) is 18.5 Å². The molecule has 130 valence electrons. The third-order valence-corrected chi connectivity index (χ3v) is 3.23. The molecule has 0 fully saturated rings. The molecule has 0 aliphatic heterocycles. The number of halogens is 1. The zero-order valence-corrected chi connectivity index (χ0v) is 13.7. The number of anilines is 1. The van der Waals surface area contributed by atoms with Crippen molar-refractivity contribution >= 4 is 23.7 Å². The van der Waals surface area contributed by atoms with Crippen molar-refractivity contribution in [3.8, 4) is 5.75 Å². The van der Waals surface area contributed by atoms with Crippen molar-refractivity contribution in [2.24, 2.45) is 5.10 Å². The van der Waals surface area contributed by atoms with Crippen LogP contribution in [0.15, 0.2) is 53.6 Å². The van der Waals surface area contributed by atoms with Crippen LogP contribution in [0.25, 0.3) is 0 Å². The average molecular weight is 343 g/mol. The molecule has 25 heavy (non-hydrogen) atoms. The fourth-order valence-corrected chi connectivity index (χ4v) is 1.91. The number of amides is 2. The summed E-state index contributed by atoms with van der Waals surface area (Å²) in [7, 11) is 1.56. The summed E-state index contributed by atoms with van der Waals surface area (Å²) in [6.07, 6.45) is 1.43. The number of methoxy groups -OCH3 is 1. The zero-order valence-electron chi connectivity index (χ0n) is 13.7. The summed E-state index contributed by atoms with van der Waals surface area (Å²) in [6, 6.07) is 12.5. The minimum absolute atomic E-state index is 0.00272. The standard InChI is InChI=1S/C18H18FN3O3/c1-25-16-8-6-15(7-9-16)21-17(23)10-11-18(24)22-20-12-13-2-4-14(19)5-3-13/h2-9,12H,10-11H2,1H3,(H,21,23)(H,22,24). The van der Waals surface area contributed by atoms with Gasteiger partial charge < -0.3 is 10.1 Å². The van der Waals surface area contributed by atoms with Crippen molar-refractivity contribution in [2.75, 3.05) is 12.4 Å². The van der Waals surface area contributed by atoms with Crippen LogP contribution in [0.1, 0.15) is 18.4 Å². The molecule has 2 rings (SSSR count). The van der Waals surface area contributed by atoms with E-state index in [-0.39, 0.29) is 30.5 Å². The molecule has 0 bridgehead atoms. The summed E-state index contributed by atoms with van der Waals surface area (Å²) >= 11 is 0. The van der Waals surface area contributed by atoms with Gasteiger partial charge in [-0.1, -0.05) is 12.1 Å². The Morgan fingerprint density at radius 1 is 1.04 bits per heavy atom. The maximum atomic E-state index is 12.7. The molecular formula is C18H18FN3O3. The number of rotatable bonds is 7. The summed E-state index contributed by atoms with van der Waals surface area (Å²) in [5, 5.41) is 6.45. The Morgan fingerprint density at radius 2 is 1.68 bits per heavy atom. The third-order valence-electron chi connectivity index (χ3n) is 3.23. The molecule has 2 aromatic rings. The van der Waals surface area contributed by atoms with E-state index in [0.717, 1.165) is 0 Å². The molecule has 0 spiro atoms. The number of carbonyl (C=O) groups excluding carboxylic acids is 2. The lowest BCUT2D eigenvalue weighted by atomic mass is 10.2. The topological polar surface area (TPSA) is 79.8 Å². The highest BCUT2D eigenvalue weighted by atomic mass is 19.1. The zero-order chi connectivity index (χ0) is 18.1. The molecule has 2 amide bonds. The van der Waals surface area contributed by atoms with E-state index in [9.17, 15) is 14.0 Å². The predicted octanol–water partition coefficient (Wildman–Crippen LogP) is 2.70. The molecule has 0 heterocycles. The Hall–Kier alpha value is -3.22. The number of carbonyl (C=O) groups is 2. The van der Waals surface area contributed by atoms with E-state index in [2.05, 4.69) is 15.8 Å². The van der Waals surface area contributed by atoms with Crippen LogP contribution in [-0.4, -0.2) is 25.1 Å². The van der Waals surface area contributed by atoms with Crippen LogP contribution in [0, 0.1) is 5.82 Å². The van der Waals surface area contributed by atoms with Gasteiger partial charge in [-0.3, -0.25) is 9.59 Å². The highest BCUT2D eigenvalue weighted by molar-refractivity contribution is 5.93. The molecule has 0 atom stereocenters. The molecule has 0 aromatic heterocycles. The normalized spacial score (nSPS) is 10.5. The quantitative estimate of drug-likeness (QED) is 0.599. The van der Waals surface area contributed by atoms with Gasteiger partial charge >= 0.3 is 0 Å². The number of nitrogens with one attached hydrogen (secondary N) is 2. The first-order chi connectivity index (χ1) is 12.1. The largest absolute Gasteiger partial charge is 0.497 e. The first-order valence-corrected chi connectivity index (χ1v) is 7.58. The van der Waals surface area contributed by atoms with Crippen molar-refractivity contribution in [3.63, 3.8) is 0 Å². The van der Waals surface area contributed by atoms with Crippen molar-refractivity contribution in [2.45, 2.75) is 12.8 Å². The van der Waals surface area contributed by atoms with Gasteiger partial charge in [-0.05, 0) is 42.0 Å². The Bertz CT molecular complexity index is 743. The van der Waals surface area contributed by atoms with Gasteiger partial charge in [-0.2, -0.15) is 5.10 Å². The second-order valence-corrected chi connectivity index (χ2v) is 5.12. The van der Waals surface area contributed by atoms with E-state index in [0.29, 0.717) is 17.0 Å². The average Bonchev–Trinajstić information content (AvgIpc) is 2.62. The SMILES string of the molecule is COc1ccc(NC(=O)CCC(=O)NN=Cc2ccc(F)cc2)cc1. The summed E-state index contributed by atoms with van der Waals surface area (Å²) in [6.45, 7) is 0. The molecule has 2 aromatic carbocycles. The van der Waals surface area contributed by atoms with Crippen LogP contribution >= 0.6 is 0 Å². The van der Waals surface area contributed by atoms with Gasteiger partial charge in [0.05, 0.1) is 13.3 Å². The van der Waals surface area contributed by atoms with Crippen molar-refractivity contribution in [3.05, 3.63) is 59.9 Å². The van der Waals surface area contributed by atoms with Crippen LogP contribution in [0.3, 0.4) is 0 Å². The van der Waals surface area contributed by atoms with Gasteiger partial charge in [0.1, 0.15) is 11.6 Å². The molecule has 0 unspecified atom stereocenters. The first-order valence-electron chi connectivity index (χ1n) is 7.58. The monoisotopic (exact) mass is 343 g/mol. The van der Waals surface area contributed by atoms with E-state index in [4.69, 9.17) is 4.74 Å². The second kappa shape index (κ2) is 9.17. The molecule has 0 aliphatic rings. The maximum absolute atomic E-state index is 12.7. The fraction of sp³-hybridized carbons (Fsp3) is 0.167. The van der Waals surface area contributed by atoms with E-state index < -0.39 is 0 Å². The Kier molecular flexibility index (Phi) is 6.65. The van der Waals surface area contributed by atoms with Gasteiger partial charge in [-0.25, -0.2) is 9.82 Å². The lowest BCUT2D eigenvalue weighted by Gasteiger charge is -2.06. The van der Waals surface area contributed by atoms with Crippen LogP contribution in [0.2, 0.25) is 0 Å². The Balaban J connectivity index is 1.71. The van der Waals surface area contributed by atoms with Gasteiger partial charge in [0.25, 0.3) is 0 Å². The third kappa shape index (κ3) is 6.42. The number of hydrogen-bond donors (Lipinski definition) is 2. The molecular weight excluding hydrogens is 325 g/mol. The second-order valence-electron chi connectivity index (χ2n) is 5.12. The van der Waals surface area contributed by atoms with Crippen molar-refractivity contribution < 1.29 is 18.7 Å². The van der Waals surface area contributed by atoms with E-state index in [1.165, 1.54) is 30.5 Å². The minimum atomic E-state index is -0.386. The minimum Gasteiger partial charge on any atom is -0.497 e. The van der Waals surface area contributed by atoms with Crippen molar-refractivity contribution in [1.82, 2.24) is 5.43 Å². The smallest absolute Gasteiger partial charge is 0.240 e. The van der Waals surface area contributed by atoms with E-state index in [1.54, 1.807) is 31.4 Å². The molecule has 6 nitrogen and oxygen atoms in total. The van der Waals surface area contributed by atoms with Crippen LogP contribution in [-0.2, 0) is 9.59 Å². The molecule has 0 saturated carbocycles. The predicted molar refractivity (Wildman–Crippen MR) is 93.0 cm³/mol. The summed E-state index contributed by atoms with van der Waals surface area (Å²) in [5.74, 6) is -0.313. The first kappa shape index (κ1) is 18.1. The van der Waals surface area contributed by atoms with Crippen LogP contribution in [0.4, 0.5) is 10.1 Å². The number of ether oxygens (including phenoxy) is 1. The summed E-state index contributed by atoms with van der Waals surface area (Å²) in [5.41, 5.74) is 3.60. The molecule has 7 heteroatoms. The number of hydrogen-bond acceptors (Lipinski definition) is 4. The lowest BCUT2D eigenvalue weighted by molar-refractivity contribution is -0.124. The van der Waals surface area contributed by atoms with Gasteiger partial charge in [0.15, 0.2) is 0 Å². The van der Waals surface area contributed by atoms with E-state index in [1.807, 2.05) is 0 Å². The van der Waals surface area contributed by atoms with Gasteiger partial charge in [-0.15, -0.1) is 0 Å². The molecule has 0 aliphatic carbocycles. The number of benzene rings is 2. The van der Waals surface area contributed by atoms with Gasteiger partial charge in [0.2, 0.25) is 11.8 Å². The molecule has 2 N–H and O–H groups in total. The number of nitrogens with zero attached hydrogens (tertiary/aromatic N) is 1. The maximum Gasteiger partial charge on any atom is 0.240 e. The van der Waals surface area contributed by atoms with Crippen LogP contribution < -0.4 is 15.5 Å². The highest BCUT2D eigenvalue weighted by Crippen LogP contribution is 2.15. The Morgan fingerprint density at radius 3 is 2.32 bits per heavy atom. The highest BCUT2D eigenvalue weighted by Gasteiger charge is 2.06. The Labute approximate surface area is 144 Å². The van der Waals surface area contributed by atoms with Crippen LogP contribution in [0.5, 0.6) is 5.75 Å². The van der Waals surface area contributed by atoms with E-state index >= 15 is 0 Å². The fourth-order valence-electron chi connectivity index (χ4n) is 1.91. The summed E-state index contributed by atoms with van der Waals surface area (Å²) < 4.78 is 17.8. The lowest BCUT2D eigenvalue weighted by Crippen LogP contribution is -2.20. The van der Waals surface area contributed by atoms with Crippen molar-refractivity contribution in [1.29, 1.82) is 0 Å². The molecule has 0 saturated heterocycles. The summed E-state index contributed by atoms with van der Waals surface area (Å²) in [4.78, 5) is 23.4. The number of hydrazone groups is 1.